The molecule has 1 heterocycles. The summed E-state index contributed by atoms with van der Waals surface area (Å²) in [5.74, 6) is -0.0385. The Balaban J connectivity index is 2.08. The Hall–Kier alpha value is -1.39. The van der Waals surface area contributed by atoms with Crippen molar-refractivity contribution in [3.05, 3.63) is 35.2 Å². The lowest BCUT2D eigenvalue weighted by Crippen LogP contribution is -2.34. The Morgan fingerprint density at radius 1 is 1.37 bits per heavy atom. The van der Waals surface area contributed by atoms with Crippen LogP contribution in [-0.2, 0) is 0 Å². The highest BCUT2D eigenvalue weighted by molar-refractivity contribution is 7.17. The Labute approximate surface area is 117 Å². The molecule has 0 aliphatic heterocycles. The van der Waals surface area contributed by atoms with Gasteiger partial charge in [0.1, 0.15) is 0 Å². The second kappa shape index (κ2) is 5.72. The van der Waals surface area contributed by atoms with E-state index in [1.807, 2.05) is 43.5 Å². The summed E-state index contributed by atoms with van der Waals surface area (Å²) >= 11 is 1.59. The van der Waals surface area contributed by atoms with E-state index in [-0.39, 0.29) is 17.9 Å². The SMILES string of the molecule is CC(C)(CCO)CNC(=O)c1csc2ccccc12. The van der Waals surface area contributed by atoms with Gasteiger partial charge in [0.2, 0.25) is 0 Å². The third-order valence-corrected chi connectivity index (χ3v) is 4.21. The van der Waals surface area contributed by atoms with E-state index in [2.05, 4.69) is 5.32 Å². The topological polar surface area (TPSA) is 49.3 Å². The minimum Gasteiger partial charge on any atom is -0.396 e. The summed E-state index contributed by atoms with van der Waals surface area (Å²) in [4.78, 5) is 12.2. The van der Waals surface area contributed by atoms with Crippen molar-refractivity contribution in [3.63, 3.8) is 0 Å². The molecule has 3 nitrogen and oxygen atoms in total. The molecule has 0 unspecified atom stereocenters. The van der Waals surface area contributed by atoms with Gasteiger partial charge in [-0.2, -0.15) is 0 Å². The van der Waals surface area contributed by atoms with Gasteiger partial charge >= 0.3 is 0 Å². The number of benzene rings is 1. The number of nitrogens with one attached hydrogen (secondary N) is 1. The summed E-state index contributed by atoms with van der Waals surface area (Å²) in [6.45, 7) is 4.78. The molecular weight excluding hydrogens is 258 g/mol. The van der Waals surface area contributed by atoms with Crippen LogP contribution < -0.4 is 5.32 Å². The van der Waals surface area contributed by atoms with Crippen molar-refractivity contribution in [1.29, 1.82) is 0 Å². The average Bonchev–Trinajstić information content (AvgIpc) is 2.80. The maximum absolute atomic E-state index is 12.2. The highest BCUT2D eigenvalue weighted by Gasteiger charge is 2.19. The van der Waals surface area contributed by atoms with E-state index < -0.39 is 0 Å². The van der Waals surface area contributed by atoms with E-state index in [1.54, 1.807) is 11.3 Å². The van der Waals surface area contributed by atoms with Crippen molar-refractivity contribution < 1.29 is 9.90 Å². The predicted octanol–water partition coefficient (Wildman–Crippen LogP) is 3.04. The third-order valence-electron chi connectivity index (χ3n) is 3.24. The maximum atomic E-state index is 12.2. The van der Waals surface area contributed by atoms with Crippen LogP contribution in [-0.4, -0.2) is 24.2 Å². The molecule has 0 saturated heterocycles. The molecule has 0 radical (unpaired) electrons. The van der Waals surface area contributed by atoms with Gasteiger partial charge in [-0.15, -0.1) is 11.3 Å². The number of fused-ring (bicyclic) bond motifs is 1. The fourth-order valence-corrected chi connectivity index (χ4v) is 2.90. The molecule has 1 aromatic heterocycles. The molecule has 0 bridgehead atoms. The predicted molar refractivity (Wildman–Crippen MR) is 79.6 cm³/mol. The molecular formula is C15H19NO2S. The van der Waals surface area contributed by atoms with Crippen molar-refractivity contribution >= 4 is 27.3 Å². The molecule has 1 aromatic carbocycles. The van der Waals surface area contributed by atoms with E-state index in [0.717, 1.165) is 15.6 Å². The number of hydrogen-bond acceptors (Lipinski definition) is 3. The highest BCUT2D eigenvalue weighted by atomic mass is 32.1. The first kappa shape index (κ1) is 14.0. The van der Waals surface area contributed by atoms with Crippen molar-refractivity contribution in [2.75, 3.05) is 13.2 Å². The number of aliphatic hydroxyl groups excluding tert-OH is 1. The van der Waals surface area contributed by atoms with Crippen LogP contribution >= 0.6 is 11.3 Å². The summed E-state index contributed by atoms with van der Waals surface area (Å²) in [6.07, 6.45) is 0.678. The summed E-state index contributed by atoms with van der Waals surface area (Å²) in [5, 5.41) is 14.8. The van der Waals surface area contributed by atoms with Crippen molar-refractivity contribution in [2.24, 2.45) is 5.41 Å². The lowest BCUT2D eigenvalue weighted by Gasteiger charge is -2.23. The number of carbonyl (C=O) groups excluding carboxylic acids is 1. The van der Waals surface area contributed by atoms with Crippen molar-refractivity contribution in [2.45, 2.75) is 20.3 Å². The van der Waals surface area contributed by atoms with Gasteiger partial charge in [-0.1, -0.05) is 32.0 Å². The number of amides is 1. The molecule has 19 heavy (non-hydrogen) atoms. The molecule has 4 heteroatoms. The average molecular weight is 277 g/mol. The smallest absolute Gasteiger partial charge is 0.252 e. The summed E-state index contributed by atoms with van der Waals surface area (Å²) in [7, 11) is 0. The number of rotatable bonds is 5. The van der Waals surface area contributed by atoms with E-state index in [9.17, 15) is 4.79 Å². The van der Waals surface area contributed by atoms with Gasteiger partial charge in [0, 0.05) is 28.6 Å². The molecule has 1 amide bonds. The lowest BCUT2D eigenvalue weighted by atomic mass is 9.89. The van der Waals surface area contributed by atoms with Gasteiger partial charge in [-0.3, -0.25) is 4.79 Å². The first-order valence-corrected chi connectivity index (χ1v) is 7.27. The van der Waals surface area contributed by atoms with E-state index in [1.165, 1.54) is 0 Å². The van der Waals surface area contributed by atoms with Crippen molar-refractivity contribution in [3.8, 4) is 0 Å². The third kappa shape index (κ3) is 3.33. The Morgan fingerprint density at radius 2 is 2.11 bits per heavy atom. The Morgan fingerprint density at radius 3 is 2.84 bits per heavy atom. The lowest BCUT2D eigenvalue weighted by molar-refractivity contribution is 0.0930. The van der Waals surface area contributed by atoms with Crippen molar-refractivity contribution in [1.82, 2.24) is 5.32 Å². The molecule has 0 atom stereocenters. The summed E-state index contributed by atoms with van der Waals surface area (Å²) in [5.41, 5.74) is 0.649. The molecule has 102 valence electrons. The number of aliphatic hydroxyl groups is 1. The van der Waals surface area contributed by atoms with Crippen LogP contribution in [0, 0.1) is 5.41 Å². The molecule has 0 fully saturated rings. The Bertz CT molecular complexity index is 574. The van der Waals surface area contributed by atoms with Gasteiger partial charge in [-0.05, 0) is 17.9 Å². The van der Waals surface area contributed by atoms with Crippen LogP contribution in [0.15, 0.2) is 29.6 Å². The number of carbonyl (C=O) groups is 1. The first-order valence-electron chi connectivity index (χ1n) is 6.39. The zero-order valence-corrected chi connectivity index (χ0v) is 12.1. The van der Waals surface area contributed by atoms with Crippen LogP contribution in [0.3, 0.4) is 0 Å². The Kier molecular flexibility index (Phi) is 4.22. The fraction of sp³-hybridized carbons (Fsp3) is 0.400. The van der Waals surface area contributed by atoms with Crippen LogP contribution in [0.5, 0.6) is 0 Å². The van der Waals surface area contributed by atoms with Gasteiger partial charge in [0.25, 0.3) is 5.91 Å². The van der Waals surface area contributed by atoms with E-state index in [0.29, 0.717) is 13.0 Å². The van der Waals surface area contributed by atoms with Gasteiger partial charge in [0.05, 0.1) is 5.56 Å². The van der Waals surface area contributed by atoms with Crippen LogP contribution in [0.25, 0.3) is 10.1 Å². The number of thiophene rings is 1. The molecule has 0 aliphatic rings. The number of hydrogen-bond donors (Lipinski definition) is 2. The standard InChI is InChI=1S/C15H19NO2S/c1-15(2,7-8-17)10-16-14(18)12-9-19-13-6-4-3-5-11(12)13/h3-6,9,17H,7-8,10H2,1-2H3,(H,16,18). The highest BCUT2D eigenvalue weighted by Crippen LogP contribution is 2.26. The molecule has 2 rings (SSSR count). The van der Waals surface area contributed by atoms with Crippen LogP contribution in [0.1, 0.15) is 30.6 Å². The van der Waals surface area contributed by atoms with Gasteiger partial charge in [0.15, 0.2) is 0 Å². The molecule has 2 aromatic rings. The van der Waals surface area contributed by atoms with Crippen LogP contribution in [0.2, 0.25) is 0 Å². The normalized spacial score (nSPS) is 11.7. The van der Waals surface area contributed by atoms with E-state index >= 15 is 0 Å². The summed E-state index contributed by atoms with van der Waals surface area (Å²) in [6, 6.07) is 7.92. The van der Waals surface area contributed by atoms with Crippen LogP contribution in [0.4, 0.5) is 0 Å². The second-order valence-electron chi connectivity index (χ2n) is 5.47. The second-order valence-corrected chi connectivity index (χ2v) is 6.38. The summed E-state index contributed by atoms with van der Waals surface area (Å²) < 4.78 is 1.13. The minimum absolute atomic E-state index is 0.0385. The zero-order valence-electron chi connectivity index (χ0n) is 11.3. The fourth-order valence-electron chi connectivity index (χ4n) is 1.96. The quantitative estimate of drug-likeness (QED) is 0.882. The molecule has 0 saturated carbocycles. The molecule has 0 aliphatic carbocycles. The minimum atomic E-state index is -0.0871. The zero-order chi connectivity index (χ0) is 13.9. The van der Waals surface area contributed by atoms with E-state index in [4.69, 9.17) is 5.11 Å². The van der Waals surface area contributed by atoms with Gasteiger partial charge in [-0.25, -0.2) is 0 Å². The molecule has 2 N–H and O–H groups in total. The first-order chi connectivity index (χ1) is 9.03. The largest absolute Gasteiger partial charge is 0.396 e. The maximum Gasteiger partial charge on any atom is 0.252 e. The monoisotopic (exact) mass is 277 g/mol. The van der Waals surface area contributed by atoms with Gasteiger partial charge < -0.3 is 10.4 Å². The molecule has 0 spiro atoms.